The molecule has 0 aliphatic rings. The number of aromatic nitrogens is 1. The maximum Gasteiger partial charge on any atom is 0.0344 e. The number of nitrogens with one attached hydrogen (secondary N) is 1. The van der Waals surface area contributed by atoms with Gasteiger partial charge in [0.1, 0.15) is 0 Å². The van der Waals surface area contributed by atoms with E-state index in [1.165, 1.54) is 0 Å². The SMILES string of the molecule is CNCCn1cccc1. The monoisotopic (exact) mass is 124 g/mol. The van der Waals surface area contributed by atoms with Crippen LogP contribution >= 0.6 is 0 Å². The van der Waals surface area contributed by atoms with Crippen molar-refractivity contribution in [3.63, 3.8) is 0 Å². The highest BCUT2D eigenvalue weighted by atomic mass is 15.0. The van der Waals surface area contributed by atoms with Crippen molar-refractivity contribution in [2.75, 3.05) is 13.6 Å². The standard InChI is InChI=1S/C7H12N2/c1-8-4-7-9-5-2-3-6-9/h2-3,5-6,8H,4,7H2,1H3. The first-order valence-electron chi connectivity index (χ1n) is 3.19. The molecule has 1 aromatic rings. The molecule has 2 nitrogen and oxygen atoms in total. The number of rotatable bonds is 3. The molecular weight excluding hydrogens is 112 g/mol. The molecule has 0 saturated carbocycles. The first-order chi connectivity index (χ1) is 4.43. The second kappa shape index (κ2) is 3.30. The van der Waals surface area contributed by atoms with Gasteiger partial charge in [-0.25, -0.2) is 0 Å². The molecule has 0 spiro atoms. The number of hydrogen-bond acceptors (Lipinski definition) is 1. The van der Waals surface area contributed by atoms with E-state index in [0.29, 0.717) is 0 Å². The van der Waals surface area contributed by atoms with Gasteiger partial charge in [-0.05, 0) is 19.2 Å². The fourth-order valence-corrected chi connectivity index (χ4v) is 0.760. The summed E-state index contributed by atoms with van der Waals surface area (Å²) in [5.41, 5.74) is 0. The van der Waals surface area contributed by atoms with Crippen LogP contribution in [0.1, 0.15) is 0 Å². The van der Waals surface area contributed by atoms with Crippen molar-refractivity contribution < 1.29 is 0 Å². The molecule has 1 N–H and O–H groups in total. The van der Waals surface area contributed by atoms with E-state index in [-0.39, 0.29) is 0 Å². The van der Waals surface area contributed by atoms with Gasteiger partial charge in [0.05, 0.1) is 0 Å². The summed E-state index contributed by atoms with van der Waals surface area (Å²) in [5.74, 6) is 0. The van der Waals surface area contributed by atoms with E-state index >= 15 is 0 Å². The lowest BCUT2D eigenvalue weighted by molar-refractivity contribution is 0.648. The second-order valence-corrected chi connectivity index (χ2v) is 2.02. The largest absolute Gasteiger partial charge is 0.353 e. The molecule has 9 heavy (non-hydrogen) atoms. The highest BCUT2D eigenvalue weighted by Gasteiger charge is 1.83. The summed E-state index contributed by atoms with van der Waals surface area (Å²) in [6.07, 6.45) is 4.13. The summed E-state index contributed by atoms with van der Waals surface area (Å²) in [6.45, 7) is 2.10. The first-order valence-corrected chi connectivity index (χ1v) is 3.19. The quantitative estimate of drug-likeness (QED) is 0.628. The first kappa shape index (κ1) is 6.36. The zero-order valence-corrected chi connectivity index (χ0v) is 5.67. The normalized spacial score (nSPS) is 9.89. The Balaban J connectivity index is 2.30. The lowest BCUT2D eigenvalue weighted by Gasteiger charge is -1.99. The van der Waals surface area contributed by atoms with Crippen molar-refractivity contribution in [3.05, 3.63) is 24.5 Å². The zero-order valence-electron chi connectivity index (χ0n) is 5.67. The molecule has 0 aliphatic carbocycles. The van der Waals surface area contributed by atoms with Gasteiger partial charge in [0.25, 0.3) is 0 Å². The molecule has 0 bridgehead atoms. The van der Waals surface area contributed by atoms with E-state index in [1.807, 2.05) is 19.2 Å². The molecule has 0 amide bonds. The smallest absolute Gasteiger partial charge is 0.0344 e. The maximum absolute atomic E-state index is 3.09. The van der Waals surface area contributed by atoms with Crippen LogP contribution in [0, 0.1) is 0 Å². The van der Waals surface area contributed by atoms with Gasteiger partial charge in [0.15, 0.2) is 0 Å². The number of likely N-dealkylation sites (N-methyl/N-ethyl adjacent to an activating group) is 1. The number of hydrogen-bond donors (Lipinski definition) is 1. The molecule has 0 radical (unpaired) electrons. The fourth-order valence-electron chi connectivity index (χ4n) is 0.760. The molecule has 1 aromatic heterocycles. The molecule has 1 rings (SSSR count). The van der Waals surface area contributed by atoms with Crippen LogP contribution in [-0.4, -0.2) is 18.2 Å². The molecule has 0 atom stereocenters. The summed E-state index contributed by atoms with van der Waals surface area (Å²) < 4.78 is 2.15. The Morgan fingerprint density at radius 1 is 1.33 bits per heavy atom. The highest BCUT2D eigenvalue weighted by Crippen LogP contribution is 1.86. The Kier molecular flexibility index (Phi) is 2.33. The summed E-state index contributed by atoms with van der Waals surface area (Å²) >= 11 is 0. The topological polar surface area (TPSA) is 17.0 Å². The van der Waals surface area contributed by atoms with Crippen LogP contribution in [0.25, 0.3) is 0 Å². The third kappa shape index (κ3) is 1.90. The Labute approximate surface area is 55.5 Å². The predicted molar refractivity (Wildman–Crippen MR) is 38.4 cm³/mol. The minimum Gasteiger partial charge on any atom is -0.353 e. The van der Waals surface area contributed by atoms with E-state index in [1.54, 1.807) is 0 Å². The average molecular weight is 124 g/mol. The maximum atomic E-state index is 3.09. The molecule has 0 unspecified atom stereocenters. The van der Waals surface area contributed by atoms with Gasteiger partial charge in [-0.15, -0.1) is 0 Å². The Morgan fingerprint density at radius 2 is 2.00 bits per heavy atom. The van der Waals surface area contributed by atoms with E-state index < -0.39 is 0 Å². The van der Waals surface area contributed by atoms with Gasteiger partial charge < -0.3 is 9.88 Å². The lowest BCUT2D eigenvalue weighted by Crippen LogP contribution is -2.13. The fraction of sp³-hybridized carbons (Fsp3) is 0.429. The molecule has 1 heterocycles. The van der Waals surface area contributed by atoms with Crippen LogP contribution in [0.15, 0.2) is 24.5 Å². The average Bonchev–Trinajstić information content (AvgIpc) is 2.34. The van der Waals surface area contributed by atoms with E-state index in [2.05, 4.69) is 22.3 Å². The van der Waals surface area contributed by atoms with Gasteiger partial charge >= 0.3 is 0 Å². The summed E-state index contributed by atoms with van der Waals surface area (Å²) in [7, 11) is 1.96. The molecule has 2 heteroatoms. The summed E-state index contributed by atoms with van der Waals surface area (Å²) in [5, 5.41) is 3.09. The molecular formula is C7H12N2. The zero-order chi connectivity index (χ0) is 6.53. The Bertz CT molecular complexity index is 144. The van der Waals surface area contributed by atoms with Crippen LogP contribution in [0.2, 0.25) is 0 Å². The van der Waals surface area contributed by atoms with Crippen molar-refractivity contribution in [1.82, 2.24) is 9.88 Å². The molecule has 0 fully saturated rings. The van der Waals surface area contributed by atoms with E-state index in [0.717, 1.165) is 13.1 Å². The van der Waals surface area contributed by atoms with E-state index in [4.69, 9.17) is 0 Å². The minimum absolute atomic E-state index is 1.04. The van der Waals surface area contributed by atoms with Gasteiger partial charge in [-0.2, -0.15) is 0 Å². The van der Waals surface area contributed by atoms with E-state index in [9.17, 15) is 0 Å². The van der Waals surface area contributed by atoms with Crippen LogP contribution < -0.4 is 5.32 Å². The lowest BCUT2D eigenvalue weighted by atomic mass is 10.6. The second-order valence-electron chi connectivity index (χ2n) is 2.02. The van der Waals surface area contributed by atoms with Crippen molar-refractivity contribution >= 4 is 0 Å². The third-order valence-electron chi connectivity index (χ3n) is 1.29. The van der Waals surface area contributed by atoms with Gasteiger partial charge in [-0.1, -0.05) is 0 Å². The summed E-state index contributed by atoms with van der Waals surface area (Å²) in [6, 6.07) is 4.07. The Hall–Kier alpha value is -0.760. The van der Waals surface area contributed by atoms with Crippen molar-refractivity contribution in [2.24, 2.45) is 0 Å². The van der Waals surface area contributed by atoms with Crippen LogP contribution in [0.3, 0.4) is 0 Å². The van der Waals surface area contributed by atoms with Gasteiger partial charge in [0, 0.05) is 25.5 Å². The predicted octanol–water partition coefficient (Wildman–Crippen LogP) is 0.707. The molecule has 50 valence electrons. The van der Waals surface area contributed by atoms with Crippen molar-refractivity contribution in [3.8, 4) is 0 Å². The van der Waals surface area contributed by atoms with Crippen LogP contribution in [-0.2, 0) is 6.54 Å². The van der Waals surface area contributed by atoms with Crippen LogP contribution in [0.5, 0.6) is 0 Å². The third-order valence-corrected chi connectivity index (χ3v) is 1.29. The highest BCUT2D eigenvalue weighted by molar-refractivity contribution is 4.90. The molecule has 0 aliphatic heterocycles. The minimum atomic E-state index is 1.04. The summed E-state index contributed by atoms with van der Waals surface area (Å²) in [4.78, 5) is 0. The van der Waals surface area contributed by atoms with Crippen molar-refractivity contribution in [2.45, 2.75) is 6.54 Å². The molecule has 0 aromatic carbocycles. The number of nitrogens with zero attached hydrogens (tertiary/aromatic N) is 1. The Morgan fingerprint density at radius 3 is 2.56 bits per heavy atom. The van der Waals surface area contributed by atoms with Gasteiger partial charge in [0.2, 0.25) is 0 Å². The molecule has 0 saturated heterocycles. The van der Waals surface area contributed by atoms with Crippen LogP contribution in [0.4, 0.5) is 0 Å². The van der Waals surface area contributed by atoms with Gasteiger partial charge in [-0.3, -0.25) is 0 Å². The van der Waals surface area contributed by atoms with Crippen molar-refractivity contribution in [1.29, 1.82) is 0 Å².